The van der Waals surface area contributed by atoms with Crippen molar-refractivity contribution in [3.63, 3.8) is 0 Å². The summed E-state index contributed by atoms with van der Waals surface area (Å²) in [5.41, 5.74) is -0.519. The van der Waals surface area contributed by atoms with E-state index >= 15 is 0 Å². The first-order valence-electron chi connectivity index (χ1n) is 5.54. The second kappa shape index (κ2) is 5.51. The van der Waals surface area contributed by atoms with E-state index in [0.29, 0.717) is 3.57 Å². The number of nitrogens with zero attached hydrogens (tertiary/aromatic N) is 1. The molecule has 1 fully saturated rings. The molecule has 0 spiro atoms. The molecule has 1 aliphatic heterocycles. The van der Waals surface area contributed by atoms with Gasteiger partial charge in [0.25, 0.3) is 0 Å². The summed E-state index contributed by atoms with van der Waals surface area (Å²) in [6, 6.07) is 2.12. The molecule has 0 aliphatic carbocycles. The Morgan fingerprint density at radius 1 is 1.30 bits per heavy atom. The molecule has 1 aromatic rings. The summed E-state index contributed by atoms with van der Waals surface area (Å²) < 4.78 is 61.6. The van der Waals surface area contributed by atoms with Crippen molar-refractivity contribution in [2.24, 2.45) is 5.92 Å². The molecule has 1 saturated heterocycles. The molecule has 0 aromatic heterocycles. The third kappa shape index (κ3) is 3.43. The zero-order valence-corrected chi connectivity index (χ0v) is 12.9. The first kappa shape index (κ1) is 15.5. The first-order chi connectivity index (χ1) is 9.17. The van der Waals surface area contributed by atoms with Gasteiger partial charge in [0, 0.05) is 22.5 Å². The van der Waals surface area contributed by atoms with E-state index in [1.165, 1.54) is 0 Å². The van der Waals surface area contributed by atoms with E-state index in [1.54, 1.807) is 22.6 Å². The van der Waals surface area contributed by atoms with E-state index in [1.807, 2.05) is 0 Å². The summed E-state index contributed by atoms with van der Waals surface area (Å²) in [7, 11) is -4.73. The van der Waals surface area contributed by atoms with Crippen LogP contribution in [-0.4, -0.2) is 26.6 Å². The molecule has 0 saturated carbocycles. The minimum atomic E-state index is -4.73. The second-order valence-electron chi connectivity index (χ2n) is 4.50. The van der Waals surface area contributed by atoms with Crippen molar-refractivity contribution in [3.8, 4) is 0 Å². The van der Waals surface area contributed by atoms with Crippen LogP contribution < -0.4 is 4.90 Å². The number of rotatable bonds is 3. The summed E-state index contributed by atoms with van der Waals surface area (Å²) in [5, 5.41) is 0. The van der Waals surface area contributed by atoms with Crippen molar-refractivity contribution < 1.29 is 25.9 Å². The Balaban J connectivity index is 2.29. The van der Waals surface area contributed by atoms with E-state index in [2.05, 4.69) is 0 Å². The summed E-state index contributed by atoms with van der Waals surface area (Å²) in [6.07, 6.45) is -0.256. The molecule has 4 nitrogen and oxygen atoms in total. The molecule has 1 atom stereocenters. The zero-order valence-electron chi connectivity index (χ0n) is 9.95. The van der Waals surface area contributed by atoms with E-state index in [-0.39, 0.29) is 13.0 Å². The van der Waals surface area contributed by atoms with Crippen LogP contribution in [0.3, 0.4) is 0 Å². The van der Waals surface area contributed by atoms with Gasteiger partial charge in [-0.05, 0) is 34.7 Å². The van der Waals surface area contributed by atoms with Crippen molar-refractivity contribution in [2.75, 3.05) is 17.2 Å². The summed E-state index contributed by atoms with van der Waals surface area (Å²) in [4.78, 5) is 12.6. The number of hydrogen-bond donors (Lipinski definition) is 0. The van der Waals surface area contributed by atoms with Gasteiger partial charge >= 0.3 is 10.2 Å². The van der Waals surface area contributed by atoms with Crippen LogP contribution in [0.25, 0.3) is 0 Å². The Morgan fingerprint density at radius 2 is 1.85 bits per heavy atom. The molecule has 110 valence electrons. The Bertz CT molecular complexity index is 642. The highest BCUT2D eigenvalue weighted by molar-refractivity contribution is 14.1. The molecule has 9 heteroatoms. The quantitative estimate of drug-likeness (QED) is 0.558. The van der Waals surface area contributed by atoms with Gasteiger partial charge in [0.2, 0.25) is 5.91 Å². The lowest BCUT2D eigenvalue weighted by atomic mass is 10.1. The number of amides is 1. The van der Waals surface area contributed by atoms with Gasteiger partial charge in [0.05, 0.1) is 5.75 Å². The number of halogens is 4. The van der Waals surface area contributed by atoms with Gasteiger partial charge in [-0.1, -0.05) is 0 Å². The van der Waals surface area contributed by atoms with Crippen LogP contribution in [0.5, 0.6) is 0 Å². The Morgan fingerprint density at radius 3 is 2.35 bits per heavy atom. The number of carbonyl (C=O) groups excluding carboxylic acids is 1. The molecular weight excluding hydrogens is 410 g/mol. The molecule has 1 aromatic carbocycles. The average molecular weight is 419 g/mol. The minimum Gasteiger partial charge on any atom is -0.307 e. The van der Waals surface area contributed by atoms with E-state index in [4.69, 9.17) is 0 Å². The van der Waals surface area contributed by atoms with E-state index in [0.717, 1.165) is 17.0 Å². The van der Waals surface area contributed by atoms with Crippen LogP contribution in [0.15, 0.2) is 12.1 Å². The highest BCUT2D eigenvalue weighted by Crippen LogP contribution is 2.31. The smallest absolute Gasteiger partial charge is 0.302 e. The van der Waals surface area contributed by atoms with Crippen molar-refractivity contribution >= 4 is 44.4 Å². The molecule has 1 unspecified atom stereocenters. The van der Waals surface area contributed by atoms with Crippen LogP contribution in [0.2, 0.25) is 0 Å². The monoisotopic (exact) mass is 419 g/mol. The van der Waals surface area contributed by atoms with Gasteiger partial charge in [-0.3, -0.25) is 4.79 Å². The maximum Gasteiger partial charge on any atom is 0.302 e. The predicted octanol–water partition coefficient (Wildman–Crippen LogP) is 2.22. The van der Waals surface area contributed by atoms with Crippen LogP contribution in [0, 0.1) is 21.1 Å². The molecule has 20 heavy (non-hydrogen) atoms. The maximum absolute atomic E-state index is 13.8. The SMILES string of the molecule is O=C1CC(CS(=O)(=O)F)CN1c1c(F)cc(I)cc1F. The third-order valence-electron chi connectivity index (χ3n) is 2.89. The number of hydrogen-bond acceptors (Lipinski definition) is 3. The first-order valence-corrected chi connectivity index (χ1v) is 8.18. The van der Waals surface area contributed by atoms with Crippen LogP contribution in [0.4, 0.5) is 18.4 Å². The van der Waals surface area contributed by atoms with Crippen molar-refractivity contribution in [1.82, 2.24) is 0 Å². The van der Waals surface area contributed by atoms with Crippen LogP contribution in [-0.2, 0) is 15.0 Å². The molecule has 1 amide bonds. The van der Waals surface area contributed by atoms with Gasteiger partial charge in [-0.2, -0.15) is 8.42 Å². The fourth-order valence-electron chi connectivity index (χ4n) is 2.18. The number of carbonyl (C=O) groups is 1. The van der Waals surface area contributed by atoms with Gasteiger partial charge in [0.15, 0.2) is 11.6 Å². The number of anilines is 1. The summed E-state index contributed by atoms with van der Waals surface area (Å²) >= 11 is 1.73. The van der Waals surface area contributed by atoms with Gasteiger partial charge in [-0.25, -0.2) is 8.78 Å². The maximum atomic E-state index is 13.8. The van der Waals surface area contributed by atoms with Crippen LogP contribution in [0.1, 0.15) is 6.42 Å². The largest absolute Gasteiger partial charge is 0.307 e. The van der Waals surface area contributed by atoms with E-state index in [9.17, 15) is 25.9 Å². The molecule has 1 heterocycles. The predicted molar refractivity (Wildman–Crippen MR) is 74.4 cm³/mol. The van der Waals surface area contributed by atoms with Gasteiger partial charge in [0.1, 0.15) is 5.69 Å². The standard InChI is InChI=1S/C11H9F3INO3S/c12-8-2-7(15)3-9(13)11(8)16-4-6(1-10(16)17)5-20(14,18)19/h2-3,6H,1,4-5H2. The Labute approximate surface area is 127 Å². The van der Waals surface area contributed by atoms with Crippen LogP contribution >= 0.6 is 22.6 Å². The zero-order chi connectivity index (χ0) is 15.1. The van der Waals surface area contributed by atoms with E-state index < -0.39 is 45.1 Å². The normalized spacial score (nSPS) is 19.7. The summed E-state index contributed by atoms with van der Waals surface area (Å²) in [5.74, 6) is -4.09. The van der Waals surface area contributed by atoms with Crippen molar-refractivity contribution in [1.29, 1.82) is 0 Å². The molecule has 2 rings (SSSR count). The topological polar surface area (TPSA) is 54.5 Å². The Hall–Kier alpha value is -0.840. The fourth-order valence-corrected chi connectivity index (χ4v) is 3.52. The molecule has 0 N–H and O–H groups in total. The van der Waals surface area contributed by atoms with Gasteiger partial charge < -0.3 is 4.90 Å². The van der Waals surface area contributed by atoms with Gasteiger partial charge in [-0.15, -0.1) is 3.89 Å². The second-order valence-corrected chi connectivity index (χ2v) is 7.15. The van der Waals surface area contributed by atoms with Crippen molar-refractivity contribution in [2.45, 2.75) is 6.42 Å². The molecule has 0 bridgehead atoms. The summed E-state index contributed by atoms with van der Waals surface area (Å²) in [6.45, 7) is -0.226. The number of benzene rings is 1. The average Bonchev–Trinajstić information content (AvgIpc) is 2.55. The lowest BCUT2D eigenvalue weighted by molar-refractivity contribution is -0.117. The highest BCUT2D eigenvalue weighted by atomic mass is 127. The lowest BCUT2D eigenvalue weighted by Gasteiger charge is -2.18. The third-order valence-corrected chi connectivity index (χ3v) is 4.38. The lowest BCUT2D eigenvalue weighted by Crippen LogP contribution is -2.27. The fraction of sp³-hybridized carbons (Fsp3) is 0.364. The van der Waals surface area contributed by atoms with Crippen molar-refractivity contribution in [3.05, 3.63) is 27.3 Å². The molecule has 0 radical (unpaired) electrons. The minimum absolute atomic E-state index is 0.226. The molecule has 1 aliphatic rings. The Kier molecular flexibility index (Phi) is 4.28. The highest BCUT2D eigenvalue weighted by Gasteiger charge is 2.36. The molecular formula is C11H9F3INO3S.